The highest BCUT2D eigenvalue weighted by Crippen LogP contribution is 2.32. The average molecular weight is 269 g/mol. The molecule has 5 nitrogen and oxygen atoms in total. The summed E-state index contributed by atoms with van der Waals surface area (Å²) >= 11 is 0. The number of carboxylic acids is 1. The Kier molecular flexibility index (Phi) is 4.13. The van der Waals surface area contributed by atoms with Crippen LogP contribution in [0.3, 0.4) is 0 Å². The lowest BCUT2D eigenvalue weighted by molar-refractivity contribution is -0.156. The van der Waals surface area contributed by atoms with E-state index in [0.717, 1.165) is 12.8 Å². The molecule has 0 radical (unpaired) electrons. The van der Waals surface area contributed by atoms with Crippen molar-refractivity contribution in [3.8, 4) is 0 Å². The van der Waals surface area contributed by atoms with E-state index in [1.807, 2.05) is 6.92 Å². The number of rotatable bonds is 2. The molecule has 0 aromatic heterocycles. The molecule has 2 rings (SSSR count). The first-order chi connectivity index (χ1) is 8.94. The lowest BCUT2D eigenvalue weighted by Crippen LogP contribution is -2.51. The number of carbonyl (C=O) groups excluding carboxylic acids is 1. The zero-order valence-corrected chi connectivity index (χ0v) is 11.7. The highest BCUT2D eigenvalue weighted by Gasteiger charge is 2.41. The SMILES string of the molecule is CC1COCCC1C(=O)N1CCCC(C)(C(=O)O)C1. The smallest absolute Gasteiger partial charge is 0.311 e. The van der Waals surface area contributed by atoms with Crippen molar-refractivity contribution in [3.05, 3.63) is 0 Å². The lowest BCUT2D eigenvalue weighted by atomic mass is 9.80. The number of piperidine rings is 1. The van der Waals surface area contributed by atoms with Gasteiger partial charge in [-0.25, -0.2) is 0 Å². The number of aliphatic carboxylic acids is 1. The molecule has 3 atom stereocenters. The highest BCUT2D eigenvalue weighted by atomic mass is 16.5. The van der Waals surface area contributed by atoms with Crippen LogP contribution in [0.5, 0.6) is 0 Å². The molecule has 0 aromatic carbocycles. The number of carbonyl (C=O) groups is 2. The van der Waals surface area contributed by atoms with E-state index in [1.165, 1.54) is 0 Å². The summed E-state index contributed by atoms with van der Waals surface area (Å²) < 4.78 is 5.36. The minimum Gasteiger partial charge on any atom is -0.481 e. The van der Waals surface area contributed by atoms with E-state index in [9.17, 15) is 14.7 Å². The van der Waals surface area contributed by atoms with Gasteiger partial charge in [0.25, 0.3) is 0 Å². The van der Waals surface area contributed by atoms with Gasteiger partial charge in [0.15, 0.2) is 0 Å². The Labute approximate surface area is 113 Å². The van der Waals surface area contributed by atoms with Crippen LogP contribution in [-0.2, 0) is 14.3 Å². The van der Waals surface area contributed by atoms with Crippen LogP contribution in [0.15, 0.2) is 0 Å². The average Bonchev–Trinajstić information content (AvgIpc) is 2.38. The molecule has 1 amide bonds. The van der Waals surface area contributed by atoms with Crippen molar-refractivity contribution in [2.45, 2.75) is 33.1 Å². The van der Waals surface area contributed by atoms with E-state index in [2.05, 4.69) is 0 Å². The van der Waals surface area contributed by atoms with Crippen LogP contribution in [0.25, 0.3) is 0 Å². The van der Waals surface area contributed by atoms with Crippen LogP contribution in [-0.4, -0.2) is 48.2 Å². The second kappa shape index (κ2) is 5.49. The minimum atomic E-state index is -0.801. The van der Waals surface area contributed by atoms with Gasteiger partial charge in [-0.2, -0.15) is 0 Å². The van der Waals surface area contributed by atoms with E-state index in [1.54, 1.807) is 11.8 Å². The number of nitrogens with zero attached hydrogens (tertiary/aromatic N) is 1. The number of likely N-dealkylation sites (tertiary alicyclic amines) is 1. The van der Waals surface area contributed by atoms with Gasteiger partial charge in [-0.15, -0.1) is 0 Å². The Hall–Kier alpha value is -1.10. The minimum absolute atomic E-state index is 0.00936. The number of amides is 1. The van der Waals surface area contributed by atoms with Crippen molar-refractivity contribution in [1.82, 2.24) is 4.90 Å². The van der Waals surface area contributed by atoms with Crippen molar-refractivity contribution >= 4 is 11.9 Å². The molecule has 19 heavy (non-hydrogen) atoms. The molecule has 5 heteroatoms. The summed E-state index contributed by atoms with van der Waals surface area (Å²) in [6.07, 6.45) is 2.17. The van der Waals surface area contributed by atoms with Crippen LogP contribution in [0.1, 0.15) is 33.1 Å². The maximum absolute atomic E-state index is 12.6. The van der Waals surface area contributed by atoms with Gasteiger partial charge in [0.05, 0.1) is 5.41 Å². The predicted molar refractivity (Wildman–Crippen MR) is 69.6 cm³/mol. The van der Waals surface area contributed by atoms with Crippen LogP contribution in [0.4, 0.5) is 0 Å². The van der Waals surface area contributed by atoms with Gasteiger partial charge in [0.2, 0.25) is 5.91 Å². The van der Waals surface area contributed by atoms with Gasteiger partial charge >= 0.3 is 5.97 Å². The van der Waals surface area contributed by atoms with Gasteiger partial charge in [0, 0.05) is 32.2 Å². The first kappa shape index (κ1) is 14.3. The molecule has 0 spiro atoms. The van der Waals surface area contributed by atoms with E-state index in [-0.39, 0.29) is 17.7 Å². The Morgan fingerprint density at radius 3 is 2.79 bits per heavy atom. The summed E-state index contributed by atoms with van der Waals surface area (Å²) in [5, 5.41) is 9.30. The molecular formula is C14H23NO4. The second-order valence-corrected chi connectivity index (χ2v) is 6.18. The van der Waals surface area contributed by atoms with Crippen LogP contribution < -0.4 is 0 Å². The Morgan fingerprint density at radius 2 is 2.16 bits per heavy atom. The molecule has 0 saturated carbocycles. The molecule has 0 bridgehead atoms. The standard InChI is InChI=1S/C14H23NO4/c1-10-8-19-7-4-11(10)12(16)15-6-3-5-14(2,9-15)13(17)18/h10-11H,3-9H2,1-2H3,(H,17,18). The first-order valence-corrected chi connectivity index (χ1v) is 7.04. The molecule has 2 aliphatic rings. The summed E-state index contributed by atoms with van der Waals surface area (Å²) in [5.74, 6) is -0.475. The Morgan fingerprint density at radius 1 is 1.42 bits per heavy atom. The number of ether oxygens (including phenoxy) is 1. The van der Waals surface area contributed by atoms with Crippen molar-refractivity contribution in [1.29, 1.82) is 0 Å². The molecule has 2 aliphatic heterocycles. The predicted octanol–water partition coefficient (Wildman–Crippen LogP) is 1.37. The zero-order chi connectivity index (χ0) is 14.0. The normalized spacial score (nSPS) is 36.0. The fraction of sp³-hybridized carbons (Fsp3) is 0.857. The Bertz CT molecular complexity index is 370. The van der Waals surface area contributed by atoms with Crippen molar-refractivity contribution < 1.29 is 19.4 Å². The molecule has 1 N–H and O–H groups in total. The number of hydrogen-bond acceptors (Lipinski definition) is 3. The van der Waals surface area contributed by atoms with E-state index >= 15 is 0 Å². The summed E-state index contributed by atoms with van der Waals surface area (Å²) in [6, 6.07) is 0. The maximum atomic E-state index is 12.6. The third kappa shape index (κ3) is 2.91. The zero-order valence-electron chi connectivity index (χ0n) is 11.7. The fourth-order valence-corrected chi connectivity index (χ4v) is 3.08. The van der Waals surface area contributed by atoms with Crippen LogP contribution in [0.2, 0.25) is 0 Å². The summed E-state index contributed by atoms with van der Waals surface area (Å²) in [4.78, 5) is 25.6. The molecule has 108 valence electrons. The lowest BCUT2D eigenvalue weighted by Gasteiger charge is -2.40. The van der Waals surface area contributed by atoms with Gasteiger partial charge in [0.1, 0.15) is 0 Å². The molecular weight excluding hydrogens is 246 g/mol. The molecule has 0 aromatic rings. The molecule has 0 aliphatic carbocycles. The van der Waals surface area contributed by atoms with Crippen molar-refractivity contribution in [2.24, 2.45) is 17.3 Å². The molecule has 2 saturated heterocycles. The van der Waals surface area contributed by atoms with Crippen molar-refractivity contribution in [3.63, 3.8) is 0 Å². The maximum Gasteiger partial charge on any atom is 0.311 e. The summed E-state index contributed by atoms with van der Waals surface area (Å²) in [5.41, 5.74) is -0.789. The van der Waals surface area contributed by atoms with E-state index < -0.39 is 11.4 Å². The first-order valence-electron chi connectivity index (χ1n) is 7.04. The quantitative estimate of drug-likeness (QED) is 0.822. The van der Waals surface area contributed by atoms with E-state index in [4.69, 9.17) is 4.74 Å². The van der Waals surface area contributed by atoms with Gasteiger partial charge in [-0.05, 0) is 32.1 Å². The van der Waals surface area contributed by atoms with Crippen LogP contribution >= 0.6 is 0 Å². The molecule has 3 unspecified atom stereocenters. The van der Waals surface area contributed by atoms with Gasteiger partial charge in [-0.3, -0.25) is 9.59 Å². The Balaban J connectivity index is 2.04. The third-order valence-corrected chi connectivity index (χ3v) is 4.48. The fourth-order valence-electron chi connectivity index (χ4n) is 3.08. The largest absolute Gasteiger partial charge is 0.481 e. The highest BCUT2D eigenvalue weighted by molar-refractivity contribution is 5.81. The van der Waals surface area contributed by atoms with Gasteiger partial charge < -0.3 is 14.7 Å². The van der Waals surface area contributed by atoms with Gasteiger partial charge in [-0.1, -0.05) is 6.92 Å². The second-order valence-electron chi connectivity index (χ2n) is 6.18. The van der Waals surface area contributed by atoms with E-state index in [0.29, 0.717) is 32.7 Å². The summed E-state index contributed by atoms with van der Waals surface area (Å²) in [6.45, 7) is 6.05. The molecule has 2 fully saturated rings. The number of carboxylic acid groups (broad SMARTS) is 1. The third-order valence-electron chi connectivity index (χ3n) is 4.48. The topological polar surface area (TPSA) is 66.8 Å². The number of hydrogen-bond donors (Lipinski definition) is 1. The summed E-state index contributed by atoms with van der Waals surface area (Å²) in [7, 11) is 0. The van der Waals surface area contributed by atoms with Crippen LogP contribution in [0, 0.1) is 17.3 Å². The van der Waals surface area contributed by atoms with Crippen molar-refractivity contribution in [2.75, 3.05) is 26.3 Å². The molecule has 2 heterocycles. The monoisotopic (exact) mass is 269 g/mol.